The molecule has 0 bridgehead atoms. The molecule has 0 radical (unpaired) electrons. The van der Waals surface area contributed by atoms with Gasteiger partial charge in [0.15, 0.2) is 0 Å². The summed E-state index contributed by atoms with van der Waals surface area (Å²) in [6.45, 7) is 15.1. The van der Waals surface area contributed by atoms with Crippen molar-refractivity contribution < 1.29 is 13.6 Å². The number of anilines is 1. The molecule has 1 saturated heterocycles. The summed E-state index contributed by atoms with van der Waals surface area (Å²) in [5.74, 6) is 0.406. The highest BCUT2D eigenvalue weighted by molar-refractivity contribution is 5.94. The molecule has 0 spiro atoms. The Morgan fingerprint density at radius 1 is 0.921 bits per heavy atom. The highest BCUT2D eigenvalue weighted by Crippen LogP contribution is 2.31. The normalized spacial score (nSPS) is 14.5. The van der Waals surface area contributed by atoms with Gasteiger partial charge in [-0.2, -0.15) is 5.10 Å². The SMILES string of the molecule is CCc1nn(-c2ccc(F)cc2)c(N2CCN(C(C)C)CC2)c1CN(CC(C)C)C(=O)c1ccc(F)cc1. The molecule has 2 heterocycles. The molecule has 3 aromatic rings. The molecule has 1 amide bonds. The molecule has 1 fully saturated rings. The molecule has 1 aliphatic heterocycles. The largest absolute Gasteiger partial charge is 0.354 e. The zero-order valence-corrected chi connectivity index (χ0v) is 23.1. The number of amides is 1. The quantitative estimate of drug-likeness (QED) is 0.369. The average molecular weight is 524 g/mol. The van der Waals surface area contributed by atoms with Crippen molar-refractivity contribution in [3.63, 3.8) is 0 Å². The zero-order valence-electron chi connectivity index (χ0n) is 23.1. The van der Waals surface area contributed by atoms with Crippen molar-refractivity contribution in [2.45, 2.75) is 53.6 Å². The second-order valence-electron chi connectivity index (χ2n) is 10.7. The van der Waals surface area contributed by atoms with Crippen LogP contribution >= 0.6 is 0 Å². The van der Waals surface area contributed by atoms with Gasteiger partial charge in [0, 0.05) is 49.9 Å². The van der Waals surface area contributed by atoms with Gasteiger partial charge in [-0.15, -0.1) is 0 Å². The molecule has 4 rings (SSSR count). The third-order valence-corrected chi connectivity index (χ3v) is 7.10. The number of nitrogens with zero attached hydrogens (tertiary/aromatic N) is 5. The topological polar surface area (TPSA) is 44.6 Å². The third-order valence-electron chi connectivity index (χ3n) is 7.10. The van der Waals surface area contributed by atoms with Gasteiger partial charge in [-0.1, -0.05) is 20.8 Å². The van der Waals surface area contributed by atoms with Gasteiger partial charge >= 0.3 is 0 Å². The molecule has 0 atom stereocenters. The van der Waals surface area contributed by atoms with Gasteiger partial charge in [0.2, 0.25) is 0 Å². The van der Waals surface area contributed by atoms with E-state index in [1.54, 1.807) is 24.3 Å². The summed E-state index contributed by atoms with van der Waals surface area (Å²) >= 11 is 0. The minimum absolute atomic E-state index is 0.133. The minimum atomic E-state index is -0.367. The van der Waals surface area contributed by atoms with E-state index in [1.165, 1.54) is 24.3 Å². The minimum Gasteiger partial charge on any atom is -0.354 e. The molecule has 6 nitrogen and oxygen atoms in total. The Balaban J connectivity index is 1.77. The number of benzene rings is 2. The Labute approximate surface area is 224 Å². The van der Waals surface area contributed by atoms with Crippen molar-refractivity contribution in [3.05, 3.63) is 77.0 Å². The van der Waals surface area contributed by atoms with E-state index in [0.717, 1.165) is 48.9 Å². The maximum atomic E-state index is 13.8. The summed E-state index contributed by atoms with van der Waals surface area (Å²) in [6, 6.07) is 12.6. The number of piperazine rings is 1. The van der Waals surface area contributed by atoms with E-state index in [-0.39, 0.29) is 23.5 Å². The van der Waals surface area contributed by atoms with Gasteiger partial charge < -0.3 is 9.80 Å². The second kappa shape index (κ2) is 12.1. The first kappa shape index (κ1) is 27.8. The highest BCUT2D eigenvalue weighted by Gasteiger charge is 2.29. The van der Waals surface area contributed by atoms with Crippen LogP contribution in [-0.2, 0) is 13.0 Å². The molecule has 0 aliphatic carbocycles. The van der Waals surface area contributed by atoms with E-state index in [1.807, 2.05) is 9.58 Å². The lowest BCUT2D eigenvalue weighted by molar-refractivity contribution is 0.0722. The molecule has 204 valence electrons. The molecular weight excluding hydrogens is 484 g/mol. The fourth-order valence-electron chi connectivity index (χ4n) is 5.09. The van der Waals surface area contributed by atoms with Crippen molar-refractivity contribution in [2.75, 3.05) is 37.6 Å². The molecule has 2 aromatic carbocycles. The Kier molecular flexibility index (Phi) is 8.82. The smallest absolute Gasteiger partial charge is 0.254 e. The molecule has 8 heteroatoms. The maximum Gasteiger partial charge on any atom is 0.254 e. The second-order valence-corrected chi connectivity index (χ2v) is 10.7. The first-order chi connectivity index (χ1) is 18.2. The Morgan fingerprint density at radius 3 is 2.03 bits per heavy atom. The summed E-state index contributed by atoms with van der Waals surface area (Å²) in [5, 5.41) is 4.99. The predicted molar refractivity (Wildman–Crippen MR) is 148 cm³/mol. The molecule has 38 heavy (non-hydrogen) atoms. The molecule has 1 aliphatic rings. The summed E-state index contributed by atoms with van der Waals surface area (Å²) in [7, 11) is 0. The van der Waals surface area contributed by atoms with E-state index in [0.29, 0.717) is 31.1 Å². The average Bonchev–Trinajstić information content (AvgIpc) is 3.26. The van der Waals surface area contributed by atoms with Crippen LogP contribution in [0.5, 0.6) is 0 Å². The van der Waals surface area contributed by atoms with Crippen LogP contribution in [0.4, 0.5) is 14.6 Å². The van der Waals surface area contributed by atoms with Crippen molar-refractivity contribution in [3.8, 4) is 5.69 Å². The predicted octanol–water partition coefficient (Wildman–Crippen LogP) is 5.54. The number of rotatable bonds is 9. The zero-order chi connectivity index (χ0) is 27.4. The van der Waals surface area contributed by atoms with Crippen molar-refractivity contribution in [1.29, 1.82) is 0 Å². The molecule has 0 unspecified atom stereocenters. The molecule has 0 N–H and O–H groups in total. The van der Waals surface area contributed by atoms with Crippen molar-refractivity contribution in [1.82, 2.24) is 19.6 Å². The van der Waals surface area contributed by atoms with E-state index in [4.69, 9.17) is 5.10 Å². The van der Waals surface area contributed by atoms with Gasteiger partial charge in [-0.3, -0.25) is 9.69 Å². The van der Waals surface area contributed by atoms with Crippen LogP contribution < -0.4 is 4.90 Å². The van der Waals surface area contributed by atoms with E-state index < -0.39 is 0 Å². The number of carbonyl (C=O) groups is 1. The fourth-order valence-corrected chi connectivity index (χ4v) is 5.09. The lowest BCUT2D eigenvalue weighted by Crippen LogP contribution is -2.49. The first-order valence-electron chi connectivity index (χ1n) is 13.6. The number of aromatic nitrogens is 2. The van der Waals surface area contributed by atoms with Crippen LogP contribution in [0.2, 0.25) is 0 Å². The van der Waals surface area contributed by atoms with Gasteiger partial charge in [0.25, 0.3) is 5.91 Å². The summed E-state index contributed by atoms with van der Waals surface area (Å²) < 4.78 is 29.3. The number of carbonyl (C=O) groups excluding carboxylic acids is 1. The van der Waals surface area contributed by atoms with Crippen LogP contribution in [-0.4, -0.2) is 64.3 Å². The number of hydrogen-bond acceptors (Lipinski definition) is 4. The monoisotopic (exact) mass is 523 g/mol. The lowest BCUT2D eigenvalue weighted by Gasteiger charge is -2.38. The Morgan fingerprint density at radius 2 is 1.50 bits per heavy atom. The standard InChI is InChI=1S/C30H39F2N5O/c1-6-28-27(20-36(19-21(2)3)30(38)23-7-9-24(31)10-8-23)29(35-17-15-34(16-18-35)22(4)5)37(33-28)26-13-11-25(32)12-14-26/h7-14,21-22H,6,15-20H2,1-5H3. The van der Waals surface area contributed by atoms with Crippen LogP contribution in [0, 0.1) is 17.6 Å². The number of aryl methyl sites for hydroxylation is 1. The van der Waals surface area contributed by atoms with Crippen LogP contribution in [0.15, 0.2) is 48.5 Å². The third kappa shape index (κ3) is 6.23. The Bertz CT molecular complexity index is 1210. The summed E-state index contributed by atoms with van der Waals surface area (Å²) in [6.07, 6.45) is 0.697. The highest BCUT2D eigenvalue weighted by atomic mass is 19.1. The number of halogens is 2. The van der Waals surface area contributed by atoms with Crippen LogP contribution in [0.3, 0.4) is 0 Å². The van der Waals surface area contributed by atoms with E-state index in [9.17, 15) is 13.6 Å². The van der Waals surface area contributed by atoms with Crippen LogP contribution in [0.25, 0.3) is 5.69 Å². The summed E-state index contributed by atoms with van der Waals surface area (Å²) in [5.41, 5.74) is 3.17. The molecule has 1 aromatic heterocycles. The van der Waals surface area contributed by atoms with Gasteiger partial charge in [-0.25, -0.2) is 13.5 Å². The van der Waals surface area contributed by atoms with Gasteiger partial charge in [0.1, 0.15) is 17.5 Å². The van der Waals surface area contributed by atoms with Gasteiger partial charge in [0.05, 0.1) is 17.9 Å². The molecule has 0 saturated carbocycles. The van der Waals surface area contributed by atoms with Crippen molar-refractivity contribution >= 4 is 11.7 Å². The van der Waals surface area contributed by atoms with E-state index in [2.05, 4.69) is 44.4 Å². The maximum absolute atomic E-state index is 13.8. The summed E-state index contributed by atoms with van der Waals surface area (Å²) in [4.78, 5) is 20.3. The number of hydrogen-bond donors (Lipinski definition) is 0. The fraction of sp³-hybridized carbons (Fsp3) is 0.467. The Hall–Kier alpha value is -3.26. The first-order valence-corrected chi connectivity index (χ1v) is 13.6. The van der Waals surface area contributed by atoms with Crippen LogP contribution in [0.1, 0.15) is 56.2 Å². The van der Waals surface area contributed by atoms with E-state index >= 15 is 0 Å². The van der Waals surface area contributed by atoms with Crippen molar-refractivity contribution in [2.24, 2.45) is 5.92 Å². The molecular formula is C30H39F2N5O. The van der Waals surface area contributed by atoms with Gasteiger partial charge in [-0.05, 0) is 74.7 Å². The lowest BCUT2D eigenvalue weighted by atomic mass is 10.1.